The van der Waals surface area contributed by atoms with E-state index >= 15 is 0 Å². The zero-order valence-electron chi connectivity index (χ0n) is 13.1. The molecule has 0 unspecified atom stereocenters. The Bertz CT molecular complexity index is 662. The van der Waals surface area contributed by atoms with Crippen LogP contribution >= 0.6 is 11.3 Å². The molecule has 0 N–H and O–H groups in total. The minimum atomic E-state index is 0.0459. The molecule has 1 heterocycles. The highest BCUT2D eigenvalue weighted by molar-refractivity contribution is 7.12. The van der Waals surface area contributed by atoms with E-state index < -0.39 is 0 Å². The first-order valence-electron chi connectivity index (χ1n) is 7.49. The molecule has 0 bridgehead atoms. The summed E-state index contributed by atoms with van der Waals surface area (Å²) in [5.41, 5.74) is 3.45. The molecule has 1 aliphatic carbocycles. The van der Waals surface area contributed by atoms with Crippen molar-refractivity contribution < 1.29 is 9.53 Å². The zero-order valence-corrected chi connectivity index (χ0v) is 13.9. The number of nitrogens with zero attached hydrogens (tertiary/aromatic N) is 2. The van der Waals surface area contributed by atoms with Gasteiger partial charge < -0.3 is 9.64 Å². The van der Waals surface area contributed by atoms with Crippen molar-refractivity contribution in [2.45, 2.75) is 32.7 Å². The van der Waals surface area contributed by atoms with E-state index in [1.807, 2.05) is 36.1 Å². The number of thiazole rings is 1. The van der Waals surface area contributed by atoms with Gasteiger partial charge in [0.05, 0.1) is 18.3 Å². The van der Waals surface area contributed by atoms with Crippen LogP contribution in [-0.4, -0.2) is 24.0 Å². The van der Waals surface area contributed by atoms with Crippen molar-refractivity contribution in [2.75, 3.05) is 12.0 Å². The van der Waals surface area contributed by atoms with Gasteiger partial charge in [0.25, 0.3) is 5.91 Å². The first kappa shape index (κ1) is 15.0. The van der Waals surface area contributed by atoms with Crippen LogP contribution < -0.4 is 9.64 Å². The van der Waals surface area contributed by atoms with Gasteiger partial charge >= 0.3 is 0 Å². The highest BCUT2D eigenvalue weighted by Crippen LogP contribution is 2.38. The molecule has 1 amide bonds. The van der Waals surface area contributed by atoms with Crippen LogP contribution in [0.5, 0.6) is 5.75 Å². The Labute approximate surface area is 134 Å². The second kappa shape index (κ2) is 6.08. The Morgan fingerprint density at radius 2 is 2.05 bits per heavy atom. The van der Waals surface area contributed by atoms with Crippen molar-refractivity contribution in [1.82, 2.24) is 4.98 Å². The topological polar surface area (TPSA) is 42.4 Å². The highest BCUT2D eigenvalue weighted by Gasteiger charge is 2.36. The van der Waals surface area contributed by atoms with Crippen LogP contribution in [0.4, 0.5) is 5.69 Å². The maximum atomic E-state index is 13.0. The third-order valence-electron chi connectivity index (χ3n) is 4.22. The number of methoxy groups -OCH3 is 1. The van der Waals surface area contributed by atoms with E-state index in [9.17, 15) is 4.79 Å². The third-order valence-corrected chi connectivity index (χ3v) is 5.14. The maximum Gasteiger partial charge on any atom is 0.270 e. The number of anilines is 1. The van der Waals surface area contributed by atoms with Crippen molar-refractivity contribution >= 4 is 22.9 Å². The monoisotopic (exact) mass is 316 g/mol. The average Bonchev–Trinajstić information content (AvgIpc) is 3.30. The maximum absolute atomic E-state index is 13.0. The first-order chi connectivity index (χ1) is 10.6. The summed E-state index contributed by atoms with van der Waals surface area (Å²) < 4.78 is 5.21. The predicted octanol–water partition coefficient (Wildman–Crippen LogP) is 3.91. The minimum Gasteiger partial charge on any atom is -0.497 e. The van der Waals surface area contributed by atoms with Gasteiger partial charge in [0.15, 0.2) is 0 Å². The number of benzene rings is 1. The molecule has 4 nitrogen and oxygen atoms in total. The summed E-state index contributed by atoms with van der Waals surface area (Å²) in [6.07, 6.45) is 2.39. The van der Waals surface area contributed by atoms with E-state index in [4.69, 9.17) is 4.74 Å². The fourth-order valence-corrected chi connectivity index (χ4v) is 3.42. The van der Waals surface area contributed by atoms with Crippen molar-refractivity contribution in [1.29, 1.82) is 0 Å². The molecule has 0 spiro atoms. The Morgan fingerprint density at radius 3 is 2.55 bits per heavy atom. The molecule has 1 fully saturated rings. The molecule has 1 saturated carbocycles. The normalized spacial score (nSPS) is 15.4. The van der Waals surface area contributed by atoms with Gasteiger partial charge in [-0.1, -0.05) is 0 Å². The lowest BCUT2D eigenvalue weighted by Crippen LogP contribution is -2.40. The average molecular weight is 316 g/mol. The predicted molar refractivity (Wildman–Crippen MR) is 88.8 cm³/mol. The molecule has 0 aliphatic heterocycles. The standard InChI is InChI=1S/C17H20N2O2S/c1-11-16(22-10-18-11)17(20)19(12(2)13-4-5-13)14-6-8-15(21-3)9-7-14/h6-10,12-13H,4-5H2,1-3H3/t12-/m1/s1. The molecule has 116 valence electrons. The molecule has 1 atom stereocenters. The van der Waals surface area contributed by atoms with Gasteiger partial charge in [-0.2, -0.15) is 0 Å². The van der Waals surface area contributed by atoms with E-state index in [0.717, 1.165) is 22.0 Å². The number of amides is 1. The van der Waals surface area contributed by atoms with E-state index in [1.165, 1.54) is 24.2 Å². The number of carbonyl (C=O) groups excluding carboxylic acids is 1. The lowest BCUT2D eigenvalue weighted by Gasteiger charge is -2.29. The molecule has 22 heavy (non-hydrogen) atoms. The van der Waals surface area contributed by atoms with Gasteiger partial charge in [0.1, 0.15) is 10.6 Å². The summed E-state index contributed by atoms with van der Waals surface area (Å²) in [6.45, 7) is 4.02. The largest absolute Gasteiger partial charge is 0.497 e. The quantitative estimate of drug-likeness (QED) is 0.840. The van der Waals surface area contributed by atoms with Crippen molar-refractivity contribution in [3.05, 3.63) is 40.3 Å². The third kappa shape index (κ3) is 2.86. The summed E-state index contributed by atoms with van der Waals surface area (Å²) in [5.74, 6) is 1.44. The van der Waals surface area contributed by atoms with Crippen LogP contribution in [0, 0.1) is 12.8 Å². The Hall–Kier alpha value is -1.88. The smallest absolute Gasteiger partial charge is 0.270 e. The zero-order chi connectivity index (χ0) is 15.7. The Balaban J connectivity index is 1.95. The molecule has 1 aliphatic rings. The number of aryl methyl sites for hydroxylation is 1. The summed E-state index contributed by atoms with van der Waals surface area (Å²) in [7, 11) is 1.64. The van der Waals surface area contributed by atoms with Crippen LogP contribution in [0.25, 0.3) is 0 Å². The van der Waals surface area contributed by atoms with E-state index in [-0.39, 0.29) is 11.9 Å². The molecular formula is C17H20N2O2S. The Kier molecular flexibility index (Phi) is 4.16. The molecule has 5 heteroatoms. The summed E-state index contributed by atoms with van der Waals surface area (Å²) in [5, 5.41) is 0. The lowest BCUT2D eigenvalue weighted by atomic mass is 10.1. The van der Waals surface area contributed by atoms with Crippen LogP contribution in [0.15, 0.2) is 29.8 Å². The molecule has 0 saturated heterocycles. The number of ether oxygens (including phenoxy) is 1. The second-order valence-electron chi connectivity index (χ2n) is 5.72. The second-order valence-corrected chi connectivity index (χ2v) is 6.57. The number of hydrogen-bond acceptors (Lipinski definition) is 4. The minimum absolute atomic E-state index is 0.0459. The lowest BCUT2D eigenvalue weighted by molar-refractivity contribution is 0.0979. The highest BCUT2D eigenvalue weighted by atomic mass is 32.1. The molecule has 0 radical (unpaired) electrons. The van der Waals surface area contributed by atoms with Crippen molar-refractivity contribution in [2.24, 2.45) is 5.92 Å². The van der Waals surface area contributed by atoms with E-state index in [1.54, 1.807) is 12.6 Å². The van der Waals surface area contributed by atoms with Crippen molar-refractivity contribution in [3.63, 3.8) is 0 Å². The molecule has 1 aromatic heterocycles. The SMILES string of the molecule is COc1ccc(N(C(=O)c2scnc2C)[C@H](C)C2CC2)cc1. The van der Waals surface area contributed by atoms with E-state index in [0.29, 0.717) is 5.92 Å². The number of aromatic nitrogens is 1. The summed E-state index contributed by atoms with van der Waals surface area (Å²) >= 11 is 1.41. The number of hydrogen-bond donors (Lipinski definition) is 0. The summed E-state index contributed by atoms with van der Waals surface area (Å²) in [6, 6.07) is 7.89. The van der Waals surface area contributed by atoms with Crippen LogP contribution in [0.2, 0.25) is 0 Å². The molecular weight excluding hydrogens is 296 g/mol. The molecule has 1 aromatic carbocycles. The fourth-order valence-electron chi connectivity index (χ4n) is 2.69. The van der Waals surface area contributed by atoms with Crippen LogP contribution in [0.1, 0.15) is 35.1 Å². The van der Waals surface area contributed by atoms with Gasteiger partial charge in [-0.25, -0.2) is 4.98 Å². The van der Waals surface area contributed by atoms with Crippen LogP contribution in [-0.2, 0) is 0 Å². The molecule has 2 aromatic rings. The number of rotatable bonds is 5. The van der Waals surface area contributed by atoms with E-state index in [2.05, 4.69) is 11.9 Å². The fraction of sp³-hybridized carbons (Fsp3) is 0.412. The molecule has 3 rings (SSSR count). The first-order valence-corrected chi connectivity index (χ1v) is 8.37. The van der Waals surface area contributed by atoms with Crippen LogP contribution in [0.3, 0.4) is 0 Å². The summed E-state index contributed by atoms with van der Waals surface area (Å²) in [4.78, 5) is 19.9. The van der Waals surface area contributed by atoms with Gasteiger partial charge in [0.2, 0.25) is 0 Å². The van der Waals surface area contributed by atoms with Gasteiger partial charge in [-0.3, -0.25) is 4.79 Å². The number of carbonyl (C=O) groups is 1. The Morgan fingerprint density at radius 1 is 1.36 bits per heavy atom. The van der Waals surface area contributed by atoms with Crippen molar-refractivity contribution in [3.8, 4) is 5.75 Å². The van der Waals surface area contributed by atoms with Gasteiger partial charge in [-0.15, -0.1) is 11.3 Å². The van der Waals surface area contributed by atoms with Gasteiger partial charge in [-0.05, 0) is 56.9 Å². The van der Waals surface area contributed by atoms with Gasteiger partial charge in [0, 0.05) is 11.7 Å².